The molecule has 0 radical (unpaired) electrons. The summed E-state index contributed by atoms with van der Waals surface area (Å²) in [6, 6.07) is 7.59. The number of aryl methyl sites for hydroxylation is 2. The number of ether oxygens (including phenoxy) is 1. The molecule has 0 saturated carbocycles. The first-order valence-electron chi connectivity index (χ1n) is 9.36. The molecule has 0 saturated heterocycles. The monoisotopic (exact) mass is 414 g/mol. The molecule has 0 bridgehead atoms. The number of hydrogen-bond acceptors (Lipinski definition) is 8. The fourth-order valence-electron chi connectivity index (χ4n) is 3.10. The van der Waals surface area contributed by atoms with Crippen LogP contribution in [0.25, 0.3) is 22.6 Å². The fraction of sp³-hybridized carbons (Fsp3) is 0.381. The van der Waals surface area contributed by atoms with E-state index in [2.05, 4.69) is 10.5 Å². The van der Waals surface area contributed by atoms with Gasteiger partial charge < -0.3 is 19.7 Å². The number of aromatic nitrogens is 3. The summed E-state index contributed by atoms with van der Waals surface area (Å²) >= 11 is 1.58. The third-order valence-electron chi connectivity index (χ3n) is 4.54. The molecule has 1 atom stereocenters. The van der Waals surface area contributed by atoms with E-state index in [0.29, 0.717) is 18.1 Å². The predicted octanol–water partition coefficient (Wildman–Crippen LogP) is 3.40. The molecule has 8 heteroatoms. The summed E-state index contributed by atoms with van der Waals surface area (Å²) in [7, 11) is 1.79. The molecule has 0 aliphatic heterocycles. The zero-order chi connectivity index (χ0) is 21.0. The molecule has 0 aliphatic rings. The van der Waals surface area contributed by atoms with E-state index >= 15 is 0 Å². The maximum absolute atomic E-state index is 9.86. The maximum atomic E-state index is 9.86. The third-order valence-corrected chi connectivity index (χ3v) is 5.32. The van der Waals surface area contributed by atoms with Crippen LogP contribution >= 0.6 is 11.8 Å². The van der Waals surface area contributed by atoms with Gasteiger partial charge in [-0.25, -0.2) is 9.97 Å². The van der Waals surface area contributed by atoms with Crippen molar-refractivity contribution in [3.05, 3.63) is 41.3 Å². The first-order chi connectivity index (χ1) is 13.9. The lowest BCUT2D eigenvalue weighted by Gasteiger charge is -2.14. The Kier molecular flexibility index (Phi) is 6.89. The van der Waals surface area contributed by atoms with Gasteiger partial charge in [-0.3, -0.25) is 0 Å². The molecule has 2 N–H and O–H groups in total. The number of nitrogens with zero attached hydrogens (tertiary/aromatic N) is 3. The normalized spacial score (nSPS) is 12.2. The summed E-state index contributed by atoms with van der Waals surface area (Å²) in [5.41, 5.74) is 4.38. The zero-order valence-electron chi connectivity index (χ0n) is 17.3. The van der Waals surface area contributed by atoms with E-state index in [4.69, 9.17) is 19.2 Å². The molecule has 1 aromatic carbocycles. The molecule has 1 unspecified atom stereocenters. The Morgan fingerprint density at radius 1 is 1.24 bits per heavy atom. The number of hydrogen-bond donors (Lipinski definition) is 2. The van der Waals surface area contributed by atoms with Gasteiger partial charge in [-0.2, -0.15) is 0 Å². The quantitative estimate of drug-likeness (QED) is 0.428. The van der Waals surface area contributed by atoms with Crippen molar-refractivity contribution in [2.45, 2.75) is 31.9 Å². The minimum atomic E-state index is -0.575. The molecule has 0 spiro atoms. The van der Waals surface area contributed by atoms with Crippen molar-refractivity contribution < 1.29 is 14.4 Å². The average molecular weight is 415 g/mol. The summed E-state index contributed by atoms with van der Waals surface area (Å²) in [4.78, 5) is 9.58. The molecule has 3 aromatic rings. The Balaban J connectivity index is 1.99. The Hall–Kier alpha value is -2.42. The van der Waals surface area contributed by atoms with E-state index in [0.717, 1.165) is 38.9 Å². The van der Waals surface area contributed by atoms with Crippen molar-refractivity contribution in [1.82, 2.24) is 20.4 Å². The molecule has 7 nitrogen and oxygen atoms in total. The van der Waals surface area contributed by atoms with Crippen molar-refractivity contribution in [2.24, 2.45) is 0 Å². The Morgan fingerprint density at radius 2 is 2.03 bits per heavy atom. The van der Waals surface area contributed by atoms with Gasteiger partial charge in [0.2, 0.25) is 0 Å². The van der Waals surface area contributed by atoms with Crippen LogP contribution in [0, 0.1) is 20.8 Å². The van der Waals surface area contributed by atoms with E-state index in [9.17, 15) is 5.11 Å². The van der Waals surface area contributed by atoms with Crippen LogP contribution in [0.3, 0.4) is 0 Å². The molecule has 29 heavy (non-hydrogen) atoms. The first-order valence-corrected chi connectivity index (χ1v) is 10.6. The third kappa shape index (κ3) is 4.77. The second-order valence-electron chi connectivity index (χ2n) is 6.78. The SMILES string of the molecule is CNCC(O)COc1cccc(-c2nc(SC)c(C)c(-c3c(C)noc3C)n2)c1. The summed E-state index contributed by atoms with van der Waals surface area (Å²) in [6.45, 7) is 6.49. The predicted molar refractivity (Wildman–Crippen MR) is 114 cm³/mol. The van der Waals surface area contributed by atoms with Crippen LogP contribution in [-0.4, -0.2) is 52.8 Å². The van der Waals surface area contributed by atoms with Gasteiger partial charge in [0.1, 0.15) is 29.2 Å². The fourth-order valence-corrected chi connectivity index (χ4v) is 3.68. The van der Waals surface area contributed by atoms with Crippen LogP contribution < -0.4 is 10.1 Å². The minimum Gasteiger partial charge on any atom is -0.491 e. The number of benzene rings is 1. The topological polar surface area (TPSA) is 93.3 Å². The molecule has 0 aliphatic carbocycles. The summed E-state index contributed by atoms with van der Waals surface area (Å²) in [5, 5.41) is 17.8. The standard InChI is InChI=1S/C21H26N4O3S/c1-12-19(18-13(2)25-28-14(18)3)23-20(24-21(12)29-5)15-7-6-8-17(9-15)27-11-16(26)10-22-4/h6-9,16,22,26H,10-11H2,1-5H3. The highest BCUT2D eigenvalue weighted by Gasteiger charge is 2.20. The lowest BCUT2D eigenvalue weighted by atomic mass is 10.1. The van der Waals surface area contributed by atoms with Crippen molar-refractivity contribution in [3.8, 4) is 28.4 Å². The van der Waals surface area contributed by atoms with E-state index < -0.39 is 6.10 Å². The molecule has 0 fully saturated rings. The number of aliphatic hydroxyl groups excluding tert-OH is 1. The van der Waals surface area contributed by atoms with Gasteiger partial charge in [-0.05, 0) is 46.2 Å². The van der Waals surface area contributed by atoms with Gasteiger partial charge in [0, 0.05) is 17.7 Å². The van der Waals surface area contributed by atoms with Crippen LogP contribution in [0.1, 0.15) is 17.0 Å². The maximum Gasteiger partial charge on any atom is 0.161 e. The average Bonchev–Trinajstić information content (AvgIpc) is 3.05. The molecular weight excluding hydrogens is 388 g/mol. The van der Waals surface area contributed by atoms with E-state index in [1.165, 1.54) is 0 Å². The molecule has 2 heterocycles. The molecule has 154 valence electrons. The van der Waals surface area contributed by atoms with E-state index in [1.54, 1.807) is 18.8 Å². The molecule has 3 rings (SSSR count). The summed E-state index contributed by atoms with van der Waals surface area (Å²) in [5.74, 6) is 2.00. The number of likely N-dealkylation sites (N-methyl/N-ethyl adjacent to an activating group) is 1. The van der Waals surface area contributed by atoms with E-state index in [1.807, 2.05) is 51.3 Å². The highest BCUT2D eigenvalue weighted by Crippen LogP contribution is 2.34. The van der Waals surface area contributed by atoms with Gasteiger partial charge in [0.05, 0.1) is 17.0 Å². The molecular formula is C21H26N4O3S. The van der Waals surface area contributed by atoms with Gasteiger partial charge in [-0.1, -0.05) is 17.3 Å². The van der Waals surface area contributed by atoms with Crippen molar-refractivity contribution in [1.29, 1.82) is 0 Å². The van der Waals surface area contributed by atoms with Crippen LogP contribution in [0.15, 0.2) is 33.8 Å². The lowest BCUT2D eigenvalue weighted by Crippen LogP contribution is -2.29. The van der Waals surface area contributed by atoms with Crippen LogP contribution in [0.4, 0.5) is 0 Å². The minimum absolute atomic E-state index is 0.208. The summed E-state index contributed by atoms with van der Waals surface area (Å²) < 4.78 is 11.1. The number of thioether (sulfide) groups is 1. The number of aliphatic hydroxyl groups is 1. The van der Waals surface area contributed by atoms with Crippen molar-refractivity contribution in [2.75, 3.05) is 26.5 Å². The van der Waals surface area contributed by atoms with Gasteiger partial charge >= 0.3 is 0 Å². The number of rotatable bonds is 8. The van der Waals surface area contributed by atoms with Crippen molar-refractivity contribution in [3.63, 3.8) is 0 Å². The summed E-state index contributed by atoms with van der Waals surface area (Å²) in [6.07, 6.45) is 1.42. The Morgan fingerprint density at radius 3 is 2.69 bits per heavy atom. The van der Waals surface area contributed by atoms with Crippen LogP contribution in [0.5, 0.6) is 5.75 Å². The second-order valence-corrected chi connectivity index (χ2v) is 7.57. The Labute approximate surface area is 174 Å². The lowest BCUT2D eigenvalue weighted by molar-refractivity contribution is 0.108. The molecule has 0 amide bonds. The highest BCUT2D eigenvalue weighted by atomic mass is 32.2. The van der Waals surface area contributed by atoms with Crippen molar-refractivity contribution >= 4 is 11.8 Å². The smallest absolute Gasteiger partial charge is 0.161 e. The number of nitrogens with one attached hydrogen (secondary N) is 1. The molecule has 2 aromatic heterocycles. The second kappa shape index (κ2) is 9.39. The van der Waals surface area contributed by atoms with Crippen LogP contribution in [0.2, 0.25) is 0 Å². The van der Waals surface area contributed by atoms with Crippen LogP contribution in [-0.2, 0) is 0 Å². The first kappa shape index (κ1) is 21.3. The van der Waals surface area contributed by atoms with Gasteiger partial charge in [0.25, 0.3) is 0 Å². The van der Waals surface area contributed by atoms with Gasteiger partial charge in [-0.15, -0.1) is 11.8 Å². The highest BCUT2D eigenvalue weighted by molar-refractivity contribution is 7.98. The van der Waals surface area contributed by atoms with Gasteiger partial charge in [0.15, 0.2) is 5.82 Å². The largest absolute Gasteiger partial charge is 0.491 e. The zero-order valence-corrected chi connectivity index (χ0v) is 18.1. The Bertz CT molecular complexity index is 971. The van der Waals surface area contributed by atoms with E-state index in [-0.39, 0.29) is 6.61 Å².